The van der Waals surface area contributed by atoms with Crippen molar-refractivity contribution < 1.29 is 43.2 Å². The minimum Gasteiger partial charge on any atom is -0.508 e. The Morgan fingerprint density at radius 2 is 1.82 bits per heavy atom. The summed E-state index contributed by atoms with van der Waals surface area (Å²) in [5, 5.41) is 43.6. The van der Waals surface area contributed by atoms with E-state index in [-0.39, 0.29) is 35.4 Å². The summed E-state index contributed by atoms with van der Waals surface area (Å²) < 4.78 is 27.8. The highest BCUT2D eigenvalue weighted by molar-refractivity contribution is 7.92. The van der Waals surface area contributed by atoms with Crippen LogP contribution >= 0.6 is 0 Å². The highest BCUT2D eigenvalue weighted by atomic mass is 32.2. The van der Waals surface area contributed by atoms with E-state index < -0.39 is 74.2 Å². The lowest BCUT2D eigenvalue weighted by atomic mass is 9.59. The van der Waals surface area contributed by atoms with Gasteiger partial charge in [0.25, 0.3) is 5.91 Å². The molecule has 1 aromatic rings. The number of fused-ring (bicyclic) bond motifs is 3. The Morgan fingerprint density at radius 1 is 1.13 bits per heavy atom. The molecular formula is C25H29N3O9S. The Morgan fingerprint density at radius 3 is 2.47 bits per heavy atom. The zero-order valence-corrected chi connectivity index (χ0v) is 21.3. The van der Waals surface area contributed by atoms with Crippen LogP contribution in [0.25, 0.3) is 5.76 Å². The van der Waals surface area contributed by atoms with E-state index >= 15 is 0 Å². The smallest absolute Gasteiger partial charge is 0.255 e. The highest BCUT2D eigenvalue weighted by Gasteiger charge is 2.60. The number of hydrogen-bond acceptors (Lipinski definition) is 10. The number of likely N-dealkylation sites (tertiary alicyclic amines) is 1. The Hall–Kier alpha value is -3.42. The first kappa shape index (κ1) is 26.2. The first-order chi connectivity index (χ1) is 17.8. The van der Waals surface area contributed by atoms with E-state index in [1.165, 1.54) is 6.07 Å². The van der Waals surface area contributed by atoms with Crippen LogP contribution in [0, 0.1) is 11.8 Å². The first-order valence-corrected chi connectivity index (χ1v) is 14.0. The molecule has 0 radical (unpaired) electrons. The number of Topliss-reactive ketones (excluding diaryl/α,β-unsaturated/α-hetero) is 2. The van der Waals surface area contributed by atoms with Gasteiger partial charge in [0.15, 0.2) is 11.4 Å². The maximum Gasteiger partial charge on any atom is 0.255 e. The van der Waals surface area contributed by atoms with Crippen LogP contribution in [0.4, 0.5) is 5.69 Å². The molecule has 1 amide bonds. The second-order valence-electron chi connectivity index (χ2n) is 10.4. The number of nitrogens with two attached hydrogens (primary N) is 1. The minimum atomic E-state index is -3.73. The van der Waals surface area contributed by atoms with Crippen LogP contribution in [-0.4, -0.2) is 82.2 Å². The number of phenolic OH excluding ortho intramolecular Hbond substituents is 1. The summed E-state index contributed by atoms with van der Waals surface area (Å²) in [5.41, 5.74) is 1.81. The zero-order valence-electron chi connectivity index (χ0n) is 20.4. The van der Waals surface area contributed by atoms with E-state index in [1.54, 1.807) is 0 Å². The Balaban J connectivity index is 1.48. The number of benzene rings is 1. The fourth-order valence-electron chi connectivity index (χ4n) is 6.19. The number of aliphatic hydroxyl groups is 3. The summed E-state index contributed by atoms with van der Waals surface area (Å²) in [6, 6.07) is 2.59. The molecule has 4 aliphatic rings. The van der Waals surface area contributed by atoms with Crippen molar-refractivity contribution in [1.29, 1.82) is 0 Å². The van der Waals surface area contributed by atoms with Gasteiger partial charge in [-0.3, -0.25) is 19.1 Å². The SMILES string of the molecule is NC(=O)C1=C(O)[C@@]2(O)C(=O)C3=C(O)c4c(O)cc(NS(=O)(=O)CCN5CCCC5)cc4CC3C[C@H]2CC1=O. The number of primary amides is 1. The van der Waals surface area contributed by atoms with Gasteiger partial charge in [-0.1, -0.05) is 0 Å². The summed E-state index contributed by atoms with van der Waals surface area (Å²) in [5.74, 6) is -7.31. The third-order valence-corrected chi connectivity index (χ3v) is 9.29. The summed E-state index contributed by atoms with van der Waals surface area (Å²) in [7, 11) is -3.73. The molecule has 0 bridgehead atoms. The van der Waals surface area contributed by atoms with Gasteiger partial charge in [0.05, 0.1) is 17.0 Å². The molecule has 3 atom stereocenters. The Kier molecular flexibility index (Phi) is 6.27. The molecule has 0 spiro atoms. The number of carbonyl (C=O) groups excluding carboxylic acids is 3. The highest BCUT2D eigenvalue weighted by Crippen LogP contribution is 2.52. The fourth-order valence-corrected chi connectivity index (χ4v) is 7.27. The number of sulfonamides is 1. The topological polar surface area (TPSA) is 208 Å². The predicted molar refractivity (Wildman–Crippen MR) is 134 cm³/mol. The number of aliphatic hydroxyl groups excluding tert-OH is 2. The normalized spacial score (nSPS) is 27.7. The number of aromatic hydroxyl groups is 1. The number of carbonyl (C=O) groups is 3. The average molecular weight is 548 g/mol. The second-order valence-corrected chi connectivity index (χ2v) is 12.2. The van der Waals surface area contributed by atoms with E-state index in [9.17, 15) is 43.2 Å². The third-order valence-electron chi connectivity index (χ3n) is 8.02. The van der Waals surface area contributed by atoms with E-state index in [4.69, 9.17) is 5.73 Å². The largest absolute Gasteiger partial charge is 0.508 e. The van der Waals surface area contributed by atoms with Gasteiger partial charge in [-0.25, -0.2) is 8.42 Å². The average Bonchev–Trinajstić information content (AvgIpc) is 3.33. The molecule has 5 rings (SSSR count). The van der Waals surface area contributed by atoms with Crippen LogP contribution in [0.3, 0.4) is 0 Å². The van der Waals surface area contributed by atoms with Crippen molar-refractivity contribution in [3.05, 3.63) is 40.2 Å². The van der Waals surface area contributed by atoms with Gasteiger partial charge in [-0.05, 0) is 56.3 Å². The van der Waals surface area contributed by atoms with E-state index in [2.05, 4.69) is 9.62 Å². The number of ketones is 2. The van der Waals surface area contributed by atoms with Gasteiger partial charge in [-0.2, -0.15) is 0 Å². The van der Waals surface area contributed by atoms with Gasteiger partial charge in [0, 0.05) is 30.5 Å². The number of hydrogen-bond donors (Lipinski definition) is 6. The molecule has 13 heteroatoms. The maximum atomic E-state index is 13.5. The zero-order chi connectivity index (χ0) is 27.6. The monoisotopic (exact) mass is 547 g/mol. The quantitative estimate of drug-likeness (QED) is 0.268. The molecule has 0 aromatic heterocycles. The van der Waals surface area contributed by atoms with Gasteiger partial charge in [0.1, 0.15) is 22.8 Å². The number of anilines is 1. The van der Waals surface area contributed by atoms with Crippen molar-refractivity contribution in [1.82, 2.24) is 4.90 Å². The summed E-state index contributed by atoms with van der Waals surface area (Å²) >= 11 is 0. The van der Waals surface area contributed by atoms with Crippen LogP contribution in [0.5, 0.6) is 5.75 Å². The van der Waals surface area contributed by atoms with Crippen molar-refractivity contribution in [2.75, 3.05) is 30.1 Å². The summed E-state index contributed by atoms with van der Waals surface area (Å²) in [6.07, 6.45) is 1.73. The van der Waals surface area contributed by atoms with E-state index in [0.29, 0.717) is 12.1 Å². The van der Waals surface area contributed by atoms with Crippen molar-refractivity contribution in [2.24, 2.45) is 17.6 Å². The van der Waals surface area contributed by atoms with Crippen molar-refractivity contribution >= 4 is 38.9 Å². The van der Waals surface area contributed by atoms with Crippen LogP contribution in [0.1, 0.15) is 36.8 Å². The molecule has 204 valence electrons. The van der Waals surface area contributed by atoms with Crippen LogP contribution in [0.2, 0.25) is 0 Å². The molecule has 1 aliphatic heterocycles. The number of nitrogens with zero attached hydrogens (tertiary/aromatic N) is 1. The molecule has 2 fully saturated rings. The molecule has 7 N–H and O–H groups in total. The van der Waals surface area contributed by atoms with E-state index in [0.717, 1.165) is 32.0 Å². The second kappa shape index (κ2) is 9.10. The lowest BCUT2D eigenvalue weighted by Gasteiger charge is -2.46. The number of nitrogens with one attached hydrogen (secondary N) is 1. The lowest BCUT2D eigenvalue weighted by Crippen LogP contribution is -2.58. The molecule has 1 saturated heterocycles. The molecule has 1 aromatic carbocycles. The van der Waals surface area contributed by atoms with Crippen molar-refractivity contribution in [2.45, 2.75) is 37.7 Å². The Bertz CT molecular complexity index is 1430. The summed E-state index contributed by atoms with van der Waals surface area (Å²) in [6.45, 7) is 2.08. The number of amides is 1. The lowest BCUT2D eigenvalue weighted by molar-refractivity contribution is -0.147. The number of phenols is 1. The predicted octanol–water partition coefficient (Wildman–Crippen LogP) is 0.261. The Labute approximate surface area is 218 Å². The van der Waals surface area contributed by atoms with Gasteiger partial charge >= 0.3 is 0 Å². The molecule has 3 aliphatic carbocycles. The van der Waals surface area contributed by atoms with Crippen LogP contribution < -0.4 is 10.5 Å². The van der Waals surface area contributed by atoms with Crippen molar-refractivity contribution in [3.63, 3.8) is 0 Å². The summed E-state index contributed by atoms with van der Waals surface area (Å²) in [4.78, 5) is 39.7. The maximum absolute atomic E-state index is 13.5. The van der Waals surface area contributed by atoms with Crippen LogP contribution in [0.15, 0.2) is 29.0 Å². The standard InChI is InChI=1S/C25H29N3O9S/c26-24(34)20-16(29)10-14-8-12-7-13-9-15(27-38(36,37)6-5-28-3-1-2-4-28)11-17(30)18(13)21(31)19(12)22(32)25(14,35)23(20)33/h9,11-12,14,27,30-31,33,35H,1-8,10H2,(H2,26,34)/t12?,14-,25-/m0/s1. The molecular weight excluding hydrogens is 518 g/mol. The number of rotatable bonds is 6. The van der Waals surface area contributed by atoms with Gasteiger partial charge in [-0.15, -0.1) is 0 Å². The molecule has 1 heterocycles. The molecule has 1 unspecified atom stereocenters. The van der Waals surface area contributed by atoms with E-state index in [1.807, 2.05) is 0 Å². The molecule has 12 nitrogen and oxygen atoms in total. The van der Waals surface area contributed by atoms with Gasteiger partial charge < -0.3 is 31.1 Å². The van der Waals surface area contributed by atoms with Crippen molar-refractivity contribution in [3.8, 4) is 5.75 Å². The third kappa shape index (κ3) is 4.14. The molecule has 1 saturated carbocycles. The van der Waals surface area contributed by atoms with Crippen LogP contribution in [-0.2, 0) is 30.8 Å². The van der Waals surface area contributed by atoms with Gasteiger partial charge in [0.2, 0.25) is 15.8 Å². The molecule has 38 heavy (non-hydrogen) atoms. The fraction of sp³-hybridized carbons (Fsp3) is 0.480. The first-order valence-electron chi connectivity index (χ1n) is 12.4. The minimum absolute atomic E-state index is 0.00450.